The van der Waals surface area contributed by atoms with Gasteiger partial charge in [0, 0.05) is 6.08 Å². The Morgan fingerprint density at radius 3 is 2.88 bits per heavy atom. The van der Waals surface area contributed by atoms with Crippen molar-refractivity contribution in [1.82, 2.24) is 9.97 Å². The summed E-state index contributed by atoms with van der Waals surface area (Å²) in [5.41, 5.74) is -0.133. The van der Waals surface area contributed by atoms with Gasteiger partial charge in [-0.15, -0.1) is 0 Å². The van der Waals surface area contributed by atoms with Gasteiger partial charge in [0.1, 0.15) is 6.33 Å². The highest BCUT2D eigenvalue weighted by atomic mass is 16.6. The first kappa shape index (κ1) is 11.9. The Morgan fingerprint density at radius 1 is 1.56 bits per heavy atom. The molecule has 0 unspecified atom stereocenters. The summed E-state index contributed by atoms with van der Waals surface area (Å²) in [6.45, 7) is 2.28. The molecule has 1 rings (SSSR count). The Bertz CT molecular complexity index is 406. The first-order chi connectivity index (χ1) is 7.70. The average molecular weight is 225 g/mol. The maximum absolute atomic E-state index is 10.8. The first-order valence-corrected chi connectivity index (χ1v) is 4.52. The molecule has 0 atom stereocenters. The topological polar surface area (TPSA) is 87.4 Å². The second-order valence-electron chi connectivity index (χ2n) is 2.63. The van der Waals surface area contributed by atoms with E-state index in [0.29, 0.717) is 6.61 Å². The molecule has 7 heteroatoms. The lowest BCUT2D eigenvalue weighted by Gasteiger charge is -2.01. The van der Waals surface area contributed by atoms with Gasteiger partial charge in [0.25, 0.3) is 5.88 Å². The van der Waals surface area contributed by atoms with Gasteiger partial charge in [0.15, 0.2) is 5.69 Å². The highest BCUT2D eigenvalue weighted by Gasteiger charge is 2.21. The zero-order valence-corrected chi connectivity index (χ0v) is 8.91. The van der Waals surface area contributed by atoms with Crippen molar-refractivity contribution in [1.29, 1.82) is 0 Å². The van der Waals surface area contributed by atoms with Crippen LogP contribution < -0.4 is 4.74 Å². The van der Waals surface area contributed by atoms with Gasteiger partial charge in [-0.2, -0.15) is 4.98 Å². The molecule has 0 aliphatic carbocycles. The number of nitro groups is 1. The molecule has 7 nitrogen and oxygen atoms in total. The van der Waals surface area contributed by atoms with Crippen molar-refractivity contribution in [2.45, 2.75) is 6.92 Å². The lowest BCUT2D eigenvalue weighted by molar-refractivity contribution is -0.386. The van der Waals surface area contributed by atoms with Crippen LogP contribution in [-0.2, 0) is 4.74 Å². The molecule has 0 bridgehead atoms. The molecule has 0 N–H and O–H groups in total. The van der Waals surface area contributed by atoms with Crippen LogP contribution in [0.5, 0.6) is 5.88 Å². The molecule has 0 spiro atoms. The van der Waals surface area contributed by atoms with E-state index in [-0.39, 0.29) is 17.3 Å². The van der Waals surface area contributed by atoms with E-state index in [1.165, 1.54) is 25.8 Å². The average Bonchev–Trinajstić information content (AvgIpc) is 2.28. The van der Waals surface area contributed by atoms with Crippen LogP contribution in [0.4, 0.5) is 5.69 Å². The largest absolute Gasteiger partial charge is 0.501 e. The molecule has 1 aromatic rings. The molecule has 0 saturated heterocycles. The molecule has 1 aromatic heterocycles. The van der Waals surface area contributed by atoms with E-state index in [1.807, 2.05) is 0 Å². The molecule has 0 fully saturated rings. The van der Waals surface area contributed by atoms with Crippen LogP contribution in [0.15, 0.2) is 12.6 Å². The maximum atomic E-state index is 10.8. The third-order valence-corrected chi connectivity index (χ3v) is 1.68. The lowest BCUT2D eigenvalue weighted by Crippen LogP contribution is -2.00. The second-order valence-corrected chi connectivity index (χ2v) is 2.63. The molecule has 16 heavy (non-hydrogen) atoms. The van der Waals surface area contributed by atoms with Gasteiger partial charge in [0.2, 0.25) is 0 Å². The molecule has 0 radical (unpaired) electrons. The Balaban J connectivity index is 3.12. The fourth-order valence-electron chi connectivity index (χ4n) is 1.03. The standard InChI is InChI=1S/C9H11N3O4/c1-3-16-5-4-7-8(12(13)14)9(15-2)11-6-10-7/h4-6H,3H2,1-2H3/b5-4-. The number of hydrogen-bond donors (Lipinski definition) is 0. The number of hydrogen-bond acceptors (Lipinski definition) is 6. The predicted octanol–water partition coefficient (Wildman–Crippen LogP) is 1.40. The van der Waals surface area contributed by atoms with Crippen LogP contribution in [0.2, 0.25) is 0 Å². The van der Waals surface area contributed by atoms with Gasteiger partial charge in [-0.3, -0.25) is 10.1 Å². The van der Waals surface area contributed by atoms with Crippen LogP contribution in [-0.4, -0.2) is 28.6 Å². The molecule has 1 heterocycles. The Labute approximate surface area is 91.9 Å². The van der Waals surface area contributed by atoms with E-state index in [9.17, 15) is 10.1 Å². The van der Waals surface area contributed by atoms with Gasteiger partial charge >= 0.3 is 5.69 Å². The molecule has 0 saturated carbocycles. The number of nitrogens with zero attached hydrogens (tertiary/aromatic N) is 3. The van der Waals surface area contributed by atoms with Crippen molar-refractivity contribution in [2.24, 2.45) is 0 Å². The van der Waals surface area contributed by atoms with Gasteiger partial charge in [0.05, 0.1) is 24.9 Å². The summed E-state index contributed by atoms with van der Waals surface area (Å²) >= 11 is 0. The predicted molar refractivity (Wildman–Crippen MR) is 55.9 cm³/mol. The van der Waals surface area contributed by atoms with Crippen molar-refractivity contribution in [2.75, 3.05) is 13.7 Å². The second kappa shape index (κ2) is 5.64. The molecule has 0 aromatic carbocycles. The van der Waals surface area contributed by atoms with Crippen LogP contribution in [0.1, 0.15) is 12.6 Å². The smallest absolute Gasteiger partial charge is 0.356 e. The first-order valence-electron chi connectivity index (χ1n) is 4.52. The van der Waals surface area contributed by atoms with Crippen LogP contribution in [0, 0.1) is 10.1 Å². The molecular formula is C9H11N3O4. The van der Waals surface area contributed by atoms with Crippen LogP contribution >= 0.6 is 0 Å². The number of rotatable bonds is 5. The zero-order valence-electron chi connectivity index (χ0n) is 8.91. The summed E-state index contributed by atoms with van der Waals surface area (Å²) in [4.78, 5) is 17.7. The minimum atomic E-state index is -0.593. The highest BCUT2D eigenvalue weighted by Crippen LogP contribution is 2.27. The summed E-state index contributed by atoms with van der Waals surface area (Å²) in [5.74, 6) is -0.0730. The normalized spacial score (nSPS) is 10.4. The van der Waals surface area contributed by atoms with Crippen LogP contribution in [0.3, 0.4) is 0 Å². The van der Waals surface area contributed by atoms with Crippen molar-refractivity contribution in [3.05, 3.63) is 28.4 Å². The molecule has 0 aliphatic heterocycles. The van der Waals surface area contributed by atoms with Gasteiger partial charge in [-0.25, -0.2) is 4.98 Å². The zero-order chi connectivity index (χ0) is 12.0. The monoisotopic (exact) mass is 225 g/mol. The third kappa shape index (κ3) is 2.66. The van der Waals surface area contributed by atoms with Crippen molar-refractivity contribution < 1.29 is 14.4 Å². The Kier molecular flexibility index (Phi) is 4.19. The van der Waals surface area contributed by atoms with Crippen molar-refractivity contribution in [3.8, 4) is 5.88 Å². The number of methoxy groups -OCH3 is 1. The summed E-state index contributed by atoms with van der Waals surface area (Å²) < 4.78 is 9.73. The summed E-state index contributed by atoms with van der Waals surface area (Å²) in [7, 11) is 1.31. The fraction of sp³-hybridized carbons (Fsp3) is 0.333. The van der Waals surface area contributed by atoms with E-state index < -0.39 is 4.92 Å². The summed E-state index contributed by atoms with van der Waals surface area (Å²) in [6.07, 6.45) is 3.93. The number of ether oxygens (including phenoxy) is 2. The molecular weight excluding hydrogens is 214 g/mol. The summed E-state index contributed by atoms with van der Waals surface area (Å²) in [5, 5.41) is 10.8. The quantitative estimate of drug-likeness (QED) is 0.427. The Hall–Kier alpha value is -2.18. The Morgan fingerprint density at radius 2 is 2.31 bits per heavy atom. The fourth-order valence-corrected chi connectivity index (χ4v) is 1.03. The number of aromatic nitrogens is 2. The van der Waals surface area contributed by atoms with Crippen molar-refractivity contribution in [3.63, 3.8) is 0 Å². The minimum Gasteiger partial charge on any atom is -0.501 e. The summed E-state index contributed by atoms with van der Waals surface area (Å²) in [6, 6.07) is 0. The van der Waals surface area contributed by atoms with E-state index >= 15 is 0 Å². The highest BCUT2D eigenvalue weighted by molar-refractivity contribution is 5.60. The SMILES string of the molecule is CCO/C=C\c1ncnc(OC)c1[N+](=O)[O-]. The van der Waals surface area contributed by atoms with Gasteiger partial charge in [-0.05, 0) is 6.92 Å². The van der Waals surface area contributed by atoms with E-state index in [4.69, 9.17) is 9.47 Å². The van der Waals surface area contributed by atoms with Gasteiger partial charge < -0.3 is 9.47 Å². The van der Waals surface area contributed by atoms with Crippen molar-refractivity contribution >= 4 is 11.8 Å². The maximum Gasteiger partial charge on any atom is 0.356 e. The molecule has 0 aliphatic rings. The van der Waals surface area contributed by atoms with E-state index in [1.54, 1.807) is 6.92 Å². The third-order valence-electron chi connectivity index (χ3n) is 1.68. The lowest BCUT2D eigenvalue weighted by atomic mass is 10.3. The van der Waals surface area contributed by atoms with E-state index in [2.05, 4.69) is 9.97 Å². The molecule has 86 valence electrons. The molecule has 0 amide bonds. The minimum absolute atomic E-state index is 0.0730. The van der Waals surface area contributed by atoms with E-state index in [0.717, 1.165) is 0 Å². The van der Waals surface area contributed by atoms with Gasteiger partial charge in [-0.1, -0.05) is 0 Å². The van der Waals surface area contributed by atoms with Crippen LogP contribution in [0.25, 0.3) is 6.08 Å².